The van der Waals surface area contributed by atoms with Crippen LogP contribution >= 0.6 is 11.3 Å². The number of benzene rings is 2. The van der Waals surface area contributed by atoms with Crippen molar-refractivity contribution in [1.82, 2.24) is 4.98 Å². The van der Waals surface area contributed by atoms with Crippen LogP contribution in [-0.2, 0) is 14.3 Å². The minimum absolute atomic E-state index is 0.343. The smallest absolute Gasteiger partial charge is 0.264 e. The lowest BCUT2D eigenvalue weighted by Crippen LogP contribution is -2.76. The first kappa shape index (κ1) is 29.2. The first-order chi connectivity index (χ1) is 16.6. The summed E-state index contributed by atoms with van der Waals surface area (Å²) in [6.45, 7) is 14.9. The molecule has 194 valence electrons. The lowest BCUT2D eigenvalue weighted by atomic mass is 10.0. The highest BCUT2D eigenvalue weighted by Gasteiger charge is 2.12. The lowest BCUT2D eigenvalue weighted by Gasteiger charge is -2.12. The van der Waals surface area contributed by atoms with E-state index in [0.717, 1.165) is 56.2 Å². The Morgan fingerprint density at radius 1 is 1.09 bits per heavy atom. The molecule has 1 aromatic carbocycles. The second-order valence-electron chi connectivity index (χ2n) is 8.95. The molecule has 1 aromatic rings. The first-order valence-corrected chi connectivity index (χ1v) is 15.3. The number of hydrogen-bond acceptors (Lipinski definition) is 6. The van der Waals surface area contributed by atoms with Gasteiger partial charge in [-0.05, 0) is 63.8 Å². The predicted octanol–water partition coefficient (Wildman–Crippen LogP) is 4.63. The summed E-state index contributed by atoms with van der Waals surface area (Å²) in [4.78, 5) is 9.50. The van der Waals surface area contributed by atoms with E-state index in [-0.39, 0.29) is 0 Å². The van der Waals surface area contributed by atoms with Crippen LogP contribution in [0.5, 0.6) is 0 Å². The van der Waals surface area contributed by atoms with E-state index in [1.54, 1.807) is 11.3 Å². The monoisotopic (exact) mass is 520 g/mol. The van der Waals surface area contributed by atoms with E-state index in [1.807, 2.05) is 0 Å². The van der Waals surface area contributed by atoms with Crippen molar-refractivity contribution in [3.05, 3.63) is 40.7 Å². The Morgan fingerprint density at radius 3 is 2.43 bits per heavy atom. The Kier molecular flexibility index (Phi) is 11.6. The van der Waals surface area contributed by atoms with Gasteiger partial charge in [0.25, 0.3) is 10.1 Å². The fourth-order valence-electron chi connectivity index (χ4n) is 3.81. The number of rotatable bonds is 10. The van der Waals surface area contributed by atoms with Crippen LogP contribution in [0, 0.1) is 19.8 Å². The van der Waals surface area contributed by atoms with Crippen LogP contribution < -0.4 is 15.7 Å². The van der Waals surface area contributed by atoms with Crippen molar-refractivity contribution in [2.75, 3.05) is 31.3 Å². The fraction of sp³-hybridized carbons (Fsp3) is 0.556. The lowest BCUT2D eigenvalue weighted by molar-refractivity contribution is -0.496. The van der Waals surface area contributed by atoms with Crippen LogP contribution in [0.25, 0.3) is 20.8 Å². The normalized spacial score (nSPS) is 13.1. The molecule has 1 heterocycles. The van der Waals surface area contributed by atoms with Crippen molar-refractivity contribution in [3.63, 3.8) is 0 Å². The number of fused-ring (bicyclic) bond motifs is 2. The van der Waals surface area contributed by atoms with E-state index in [4.69, 9.17) is 9.17 Å². The van der Waals surface area contributed by atoms with Crippen LogP contribution in [-0.4, -0.2) is 39.4 Å². The van der Waals surface area contributed by atoms with Gasteiger partial charge in [0, 0.05) is 23.9 Å². The number of aryl methyl sites for hydroxylation is 2. The topological polar surface area (TPSA) is 82.3 Å². The number of nitrogens with one attached hydrogen (secondary N) is 2. The predicted molar refractivity (Wildman–Crippen MR) is 149 cm³/mol. The fourth-order valence-corrected chi connectivity index (χ4v) is 5.26. The van der Waals surface area contributed by atoms with E-state index in [0.29, 0.717) is 12.5 Å². The highest BCUT2D eigenvalue weighted by Crippen LogP contribution is 2.32. The van der Waals surface area contributed by atoms with E-state index < -0.39 is 10.1 Å². The van der Waals surface area contributed by atoms with E-state index in [2.05, 4.69) is 76.1 Å². The van der Waals surface area contributed by atoms with Crippen LogP contribution in [0.3, 0.4) is 0 Å². The van der Waals surface area contributed by atoms with E-state index in [9.17, 15) is 8.42 Å². The molecule has 0 spiro atoms. The third-order valence-corrected chi connectivity index (χ3v) is 7.53. The van der Waals surface area contributed by atoms with Crippen molar-refractivity contribution < 1.29 is 17.6 Å². The molecule has 1 atom stereocenters. The maximum absolute atomic E-state index is 10.7. The minimum Gasteiger partial charge on any atom is -0.385 e. The minimum atomic E-state index is -3.25. The molecule has 2 N–H and O–H groups in total. The second kappa shape index (κ2) is 13.9. The molecule has 0 saturated heterocycles. The van der Waals surface area contributed by atoms with Gasteiger partial charge in [-0.1, -0.05) is 33.1 Å². The summed E-state index contributed by atoms with van der Waals surface area (Å²) in [6.07, 6.45) is 5.43. The molecular formula is C27H42N3O3S2+. The molecule has 0 aromatic heterocycles. The van der Waals surface area contributed by atoms with Crippen LogP contribution in [0.15, 0.2) is 24.3 Å². The highest BCUT2D eigenvalue weighted by atomic mass is 32.2. The van der Waals surface area contributed by atoms with E-state index in [1.165, 1.54) is 31.7 Å². The van der Waals surface area contributed by atoms with Gasteiger partial charge in [0.05, 0.1) is 33.7 Å². The molecule has 0 bridgehead atoms. The zero-order valence-electron chi connectivity index (χ0n) is 22.3. The zero-order chi connectivity index (χ0) is 26.0. The summed E-state index contributed by atoms with van der Waals surface area (Å²) in [5.41, 5.74) is 5.84. The molecule has 6 nitrogen and oxygen atoms in total. The summed E-state index contributed by atoms with van der Waals surface area (Å²) >= 11 is 1.81. The standard InChI is InChI=1S/C18H21N3S.C9H20O3S/c1-5-19-13-9-17-15(7-11(13)3)21-16-8-12(4)14(20-6-2)10-18(16)22-17;1-4-6-7-9(5-2)8-12-13(3,10)11/h7-10,19H,5-6H2,1-4H3;9H,4-8H2,1-3H3/p+1. The Labute approximate surface area is 215 Å². The van der Waals surface area contributed by atoms with Crippen molar-refractivity contribution in [3.8, 4) is 10.6 Å². The molecule has 0 amide bonds. The van der Waals surface area contributed by atoms with Gasteiger partial charge in [-0.25, -0.2) is 9.98 Å². The van der Waals surface area contributed by atoms with Gasteiger partial charge in [-0.3, -0.25) is 4.18 Å². The molecule has 3 rings (SSSR count). The van der Waals surface area contributed by atoms with Crippen molar-refractivity contribution in [2.45, 2.75) is 67.2 Å². The molecule has 0 saturated carbocycles. The summed E-state index contributed by atoms with van der Waals surface area (Å²) < 4.78 is 27.4. The van der Waals surface area contributed by atoms with Crippen molar-refractivity contribution in [2.24, 2.45) is 5.92 Å². The molecule has 1 aliphatic heterocycles. The molecular weight excluding hydrogens is 478 g/mol. The van der Waals surface area contributed by atoms with Gasteiger partial charge in [0.15, 0.2) is 0 Å². The number of anilines is 1. The van der Waals surface area contributed by atoms with Crippen molar-refractivity contribution in [1.29, 1.82) is 0 Å². The van der Waals surface area contributed by atoms with Gasteiger partial charge in [0.1, 0.15) is 6.54 Å². The third kappa shape index (κ3) is 9.17. The average molecular weight is 521 g/mol. The summed E-state index contributed by atoms with van der Waals surface area (Å²) in [5.74, 6) is 0.384. The summed E-state index contributed by atoms with van der Waals surface area (Å²) in [5, 5.41) is 4.62. The van der Waals surface area contributed by atoms with Gasteiger partial charge < -0.3 is 5.32 Å². The van der Waals surface area contributed by atoms with E-state index >= 15 is 0 Å². The molecule has 2 aliphatic rings. The average Bonchev–Trinajstić information content (AvgIpc) is 2.79. The Morgan fingerprint density at radius 2 is 1.83 bits per heavy atom. The van der Waals surface area contributed by atoms with Gasteiger partial charge in [0.2, 0.25) is 5.36 Å². The largest absolute Gasteiger partial charge is 0.385 e. The number of hydrogen-bond donors (Lipinski definition) is 2. The van der Waals surface area contributed by atoms with Crippen molar-refractivity contribution >= 4 is 37.4 Å². The number of nitrogens with zero attached hydrogens (tertiary/aromatic N) is 1. The highest BCUT2D eigenvalue weighted by molar-refractivity contribution is 7.85. The van der Waals surface area contributed by atoms with Crippen LogP contribution in [0.2, 0.25) is 0 Å². The number of unbranched alkanes of at least 4 members (excludes halogenated alkanes) is 1. The molecule has 35 heavy (non-hydrogen) atoms. The Hall–Kier alpha value is -2.03. The van der Waals surface area contributed by atoms with Gasteiger partial charge in [-0.15, -0.1) is 11.3 Å². The number of aromatic nitrogens is 1. The SMILES string of the molecule is CCCCC(CC)COS(C)(=O)=O.CCNc1cc2sc3cc(=[NH+]CC)c(C)cc-3nc2cc1C. The summed E-state index contributed by atoms with van der Waals surface area (Å²) in [7, 11) is -3.25. The quantitative estimate of drug-likeness (QED) is 0.301. The molecule has 0 radical (unpaired) electrons. The maximum atomic E-state index is 10.7. The Bertz CT molecular complexity index is 1240. The first-order valence-electron chi connectivity index (χ1n) is 12.6. The second-order valence-corrected chi connectivity index (χ2v) is 11.7. The Balaban J connectivity index is 0.000000287. The maximum Gasteiger partial charge on any atom is 0.264 e. The molecule has 1 unspecified atom stereocenters. The zero-order valence-corrected chi connectivity index (χ0v) is 24.0. The van der Waals surface area contributed by atoms with Crippen LogP contribution in [0.1, 0.15) is 64.5 Å². The van der Waals surface area contributed by atoms with Gasteiger partial charge >= 0.3 is 0 Å². The molecule has 1 aliphatic carbocycles. The summed E-state index contributed by atoms with van der Waals surface area (Å²) in [6, 6.07) is 8.80. The molecule has 0 fully saturated rings. The third-order valence-electron chi connectivity index (χ3n) is 5.87. The van der Waals surface area contributed by atoms with Crippen LogP contribution in [0.4, 0.5) is 5.69 Å². The molecule has 8 heteroatoms. The van der Waals surface area contributed by atoms with Gasteiger partial charge in [-0.2, -0.15) is 8.42 Å².